The van der Waals surface area contributed by atoms with Crippen molar-refractivity contribution in [2.45, 2.75) is 50.5 Å². The monoisotopic (exact) mass is 575 g/mol. The lowest BCUT2D eigenvalue weighted by Crippen LogP contribution is -2.51. The zero-order valence-electron chi connectivity index (χ0n) is 20.5. The maximum absolute atomic E-state index is 6.01. The Morgan fingerprint density at radius 1 is 1.15 bits per heavy atom. The molecular formula is C25H42IN3O4. The van der Waals surface area contributed by atoms with Gasteiger partial charge >= 0.3 is 0 Å². The molecule has 3 rings (SSSR count). The van der Waals surface area contributed by atoms with Crippen LogP contribution in [0.5, 0.6) is 5.75 Å². The number of halogens is 1. The molecule has 0 unspecified atom stereocenters. The molecule has 0 atom stereocenters. The first-order chi connectivity index (χ1) is 15.7. The number of likely N-dealkylation sites (tertiary alicyclic amines) is 1. The molecule has 0 saturated carbocycles. The molecule has 0 spiro atoms. The summed E-state index contributed by atoms with van der Waals surface area (Å²) in [6.45, 7) is 8.60. The Morgan fingerprint density at radius 3 is 2.45 bits per heavy atom. The van der Waals surface area contributed by atoms with Gasteiger partial charge in [0.15, 0.2) is 5.96 Å². The number of nitrogens with one attached hydrogen (secondary N) is 1. The molecule has 8 heteroatoms. The smallest absolute Gasteiger partial charge is 0.193 e. The van der Waals surface area contributed by atoms with Crippen LogP contribution in [0.1, 0.15) is 44.6 Å². The first kappa shape index (κ1) is 28.1. The number of methoxy groups -OCH3 is 1. The highest BCUT2D eigenvalue weighted by Crippen LogP contribution is 2.35. The fraction of sp³-hybridized carbons (Fsp3) is 0.720. The molecular weight excluding hydrogens is 533 g/mol. The van der Waals surface area contributed by atoms with E-state index in [1.165, 1.54) is 5.56 Å². The van der Waals surface area contributed by atoms with Gasteiger partial charge in [0.1, 0.15) is 5.75 Å². The average Bonchev–Trinajstić information content (AvgIpc) is 2.84. The third-order valence-electron chi connectivity index (χ3n) is 6.61. The maximum atomic E-state index is 6.01. The second-order valence-electron chi connectivity index (χ2n) is 8.65. The van der Waals surface area contributed by atoms with Crippen LogP contribution in [0.3, 0.4) is 0 Å². The Morgan fingerprint density at radius 2 is 1.85 bits per heavy atom. The van der Waals surface area contributed by atoms with Gasteiger partial charge in [0.2, 0.25) is 0 Å². The predicted octanol–water partition coefficient (Wildman–Crippen LogP) is 3.84. The molecule has 2 heterocycles. The number of aliphatic imine (C=N–C) groups is 1. The van der Waals surface area contributed by atoms with E-state index in [0.29, 0.717) is 12.7 Å². The second kappa shape index (κ2) is 15.0. The predicted molar refractivity (Wildman–Crippen MR) is 143 cm³/mol. The minimum absolute atomic E-state index is 0. The second-order valence-corrected chi connectivity index (χ2v) is 8.65. The van der Waals surface area contributed by atoms with E-state index in [9.17, 15) is 0 Å². The third kappa shape index (κ3) is 8.26. The minimum atomic E-state index is 0. The van der Waals surface area contributed by atoms with E-state index in [1.54, 1.807) is 7.11 Å². The van der Waals surface area contributed by atoms with Crippen molar-refractivity contribution in [3.63, 3.8) is 0 Å². The summed E-state index contributed by atoms with van der Waals surface area (Å²) >= 11 is 0. The fourth-order valence-electron chi connectivity index (χ4n) is 4.67. The van der Waals surface area contributed by atoms with Crippen molar-refractivity contribution >= 4 is 29.9 Å². The summed E-state index contributed by atoms with van der Waals surface area (Å²) in [6, 6.07) is 8.60. The molecule has 2 saturated heterocycles. The van der Waals surface area contributed by atoms with Crippen LogP contribution < -0.4 is 10.1 Å². The quantitative estimate of drug-likeness (QED) is 0.198. The zero-order valence-corrected chi connectivity index (χ0v) is 22.8. The average molecular weight is 576 g/mol. The highest BCUT2D eigenvalue weighted by molar-refractivity contribution is 14.0. The summed E-state index contributed by atoms with van der Waals surface area (Å²) < 4.78 is 22.5. The number of guanidine groups is 1. The van der Waals surface area contributed by atoms with Gasteiger partial charge in [0, 0.05) is 65.6 Å². The van der Waals surface area contributed by atoms with Crippen molar-refractivity contribution in [3.05, 3.63) is 29.8 Å². The number of hydrogen-bond donors (Lipinski definition) is 1. The van der Waals surface area contributed by atoms with Crippen LogP contribution in [-0.2, 0) is 19.6 Å². The van der Waals surface area contributed by atoms with E-state index in [0.717, 1.165) is 89.9 Å². The van der Waals surface area contributed by atoms with E-state index >= 15 is 0 Å². The van der Waals surface area contributed by atoms with E-state index in [-0.39, 0.29) is 29.4 Å². The molecule has 1 aromatic rings. The lowest BCUT2D eigenvalue weighted by molar-refractivity contribution is 0.00968. The first-order valence-corrected chi connectivity index (χ1v) is 12.1. The third-order valence-corrected chi connectivity index (χ3v) is 6.61. The normalized spacial score (nSPS) is 19.1. The topological polar surface area (TPSA) is 64.6 Å². The molecule has 7 nitrogen and oxygen atoms in total. The Bertz CT molecular complexity index is 687. The van der Waals surface area contributed by atoms with E-state index in [1.807, 2.05) is 14.0 Å². The lowest BCUT2D eigenvalue weighted by Gasteiger charge is -2.40. The molecule has 2 fully saturated rings. The van der Waals surface area contributed by atoms with Crippen molar-refractivity contribution < 1.29 is 18.9 Å². The largest absolute Gasteiger partial charge is 0.494 e. The lowest BCUT2D eigenvalue weighted by atomic mass is 9.74. The van der Waals surface area contributed by atoms with Crippen LogP contribution in [-0.4, -0.2) is 83.8 Å². The van der Waals surface area contributed by atoms with Crippen molar-refractivity contribution in [1.82, 2.24) is 10.2 Å². The first-order valence-electron chi connectivity index (χ1n) is 12.1. The number of benzene rings is 1. The van der Waals surface area contributed by atoms with Crippen molar-refractivity contribution in [2.75, 3.05) is 66.8 Å². The van der Waals surface area contributed by atoms with Crippen LogP contribution in [0.15, 0.2) is 29.3 Å². The van der Waals surface area contributed by atoms with Crippen LogP contribution in [0.4, 0.5) is 0 Å². The molecule has 33 heavy (non-hydrogen) atoms. The van der Waals surface area contributed by atoms with Gasteiger partial charge in [-0.2, -0.15) is 0 Å². The highest BCUT2D eigenvalue weighted by atomic mass is 127. The van der Waals surface area contributed by atoms with Crippen LogP contribution >= 0.6 is 24.0 Å². The van der Waals surface area contributed by atoms with Gasteiger partial charge in [-0.15, -0.1) is 24.0 Å². The van der Waals surface area contributed by atoms with Gasteiger partial charge in [-0.05, 0) is 56.7 Å². The van der Waals surface area contributed by atoms with Gasteiger partial charge in [-0.1, -0.05) is 12.1 Å². The molecule has 0 radical (unpaired) electrons. The van der Waals surface area contributed by atoms with E-state index < -0.39 is 0 Å². The summed E-state index contributed by atoms with van der Waals surface area (Å²) in [5.74, 6) is 1.91. The Kier molecular flexibility index (Phi) is 12.8. The summed E-state index contributed by atoms with van der Waals surface area (Å²) in [4.78, 5) is 6.96. The zero-order chi connectivity index (χ0) is 22.7. The van der Waals surface area contributed by atoms with E-state index in [4.69, 9.17) is 18.9 Å². The van der Waals surface area contributed by atoms with Crippen molar-refractivity contribution in [2.24, 2.45) is 4.99 Å². The van der Waals surface area contributed by atoms with Gasteiger partial charge in [0.05, 0.1) is 12.7 Å². The Balaban J connectivity index is 0.00000385. The van der Waals surface area contributed by atoms with Gasteiger partial charge < -0.3 is 29.2 Å². The van der Waals surface area contributed by atoms with Gasteiger partial charge in [-0.3, -0.25) is 4.99 Å². The number of piperidine rings is 1. The maximum Gasteiger partial charge on any atom is 0.193 e. The Labute approximate surface area is 216 Å². The molecule has 1 N–H and O–H groups in total. The molecule has 188 valence electrons. The molecule has 0 aliphatic carbocycles. The Hall–Kier alpha value is -1.10. The molecule has 1 aromatic carbocycles. The van der Waals surface area contributed by atoms with E-state index in [2.05, 4.69) is 39.5 Å². The summed E-state index contributed by atoms with van der Waals surface area (Å²) in [6.07, 6.45) is 5.37. The standard InChI is InChI=1S/C25H41N3O4.HI/c1-4-31-22-8-6-21(7-9-22)25(12-18-30-19-13-25)20-27-24(26-2)28-14-10-23(11-15-28)32-17-5-16-29-3;/h6-9,23H,4-5,10-20H2,1-3H3,(H,26,27);1H. The molecule has 2 aliphatic rings. The van der Waals surface area contributed by atoms with Crippen LogP contribution in [0.2, 0.25) is 0 Å². The number of hydrogen-bond acceptors (Lipinski definition) is 5. The number of ether oxygens (including phenoxy) is 4. The fourth-order valence-corrected chi connectivity index (χ4v) is 4.67. The molecule has 2 aliphatic heterocycles. The molecule has 0 bridgehead atoms. The summed E-state index contributed by atoms with van der Waals surface area (Å²) in [5.41, 5.74) is 1.39. The number of rotatable bonds is 10. The van der Waals surface area contributed by atoms with Crippen molar-refractivity contribution in [1.29, 1.82) is 0 Å². The van der Waals surface area contributed by atoms with Gasteiger partial charge in [-0.25, -0.2) is 0 Å². The van der Waals surface area contributed by atoms with Crippen LogP contribution in [0.25, 0.3) is 0 Å². The molecule has 0 amide bonds. The van der Waals surface area contributed by atoms with Gasteiger partial charge in [0.25, 0.3) is 0 Å². The van der Waals surface area contributed by atoms with Crippen molar-refractivity contribution in [3.8, 4) is 5.75 Å². The molecule has 0 aromatic heterocycles. The minimum Gasteiger partial charge on any atom is -0.494 e. The SMILES string of the molecule is CCOc1ccc(C2(CNC(=NC)N3CCC(OCCCOC)CC3)CCOCC2)cc1.I. The summed E-state index contributed by atoms with van der Waals surface area (Å²) in [5, 5.41) is 3.69. The summed E-state index contributed by atoms with van der Waals surface area (Å²) in [7, 11) is 3.61. The number of nitrogens with zero attached hydrogens (tertiary/aromatic N) is 2. The van der Waals surface area contributed by atoms with Crippen LogP contribution in [0, 0.1) is 0 Å². The highest BCUT2D eigenvalue weighted by Gasteiger charge is 2.35.